The van der Waals surface area contributed by atoms with Gasteiger partial charge < -0.3 is 0 Å². The summed E-state index contributed by atoms with van der Waals surface area (Å²) in [6.07, 6.45) is 7.47. The Morgan fingerprint density at radius 1 is 0.241 bits per heavy atom. The number of hydrogen-bond donors (Lipinski definition) is 0. The van der Waals surface area contributed by atoms with Crippen molar-refractivity contribution in [1.29, 1.82) is 0 Å². The molecule has 0 N–H and O–H groups in total. The van der Waals surface area contributed by atoms with E-state index in [4.69, 9.17) is 0 Å². The number of hydrogen-bond acceptors (Lipinski definition) is 0. The fourth-order valence-electron chi connectivity index (χ4n) is 4.45. The second kappa shape index (κ2) is 62.3. The minimum atomic E-state index is 1.23. The molecule has 6 aromatic carbocycles. The molecule has 0 bridgehead atoms. The minimum Gasteiger partial charge on any atom is -0.0683 e. The van der Waals surface area contributed by atoms with Gasteiger partial charge in [0.05, 0.1) is 0 Å². The molecule has 7 rings (SSSR count). The highest BCUT2D eigenvalue weighted by molar-refractivity contribution is 5.90. The Bertz CT molecular complexity index is 1290. The molecule has 0 unspecified atom stereocenters. The highest BCUT2D eigenvalue weighted by atomic mass is 14.2. The smallest absolute Gasteiger partial charge is 0.0120 e. The van der Waals surface area contributed by atoms with Crippen LogP contribution in [0.2, 0.25) is 0 Å². The van der Waals surface area contributed by atoms with Crippen LogP contribution in [0.3, 0.4) is 0 Å². The maximum absolute atomic E-state index is 2.25. The molecule has 0 heterocycles. The van der Waals surface area contributed by atoms with Crippen LogP contribution >= 0.6 is 0 Å². The molecular weight excluding hydrogens is 697 g/mol. The van der Waals surface area contributed by atoms with Crippen molar-refractivity contribution in [3.63, 3.8) is 0 Å². The van der Waals surface area contributed by atoms with Gasteiger partial charge in [-0.15, -0.1) is 0 Å². The third kappa shape index (κ3) is 36.4. The largest absolute Gasteiger partial charge is 0.0683 e. The van der Waals surface area contributed by atoms with Crippen molar-refractivity contribution >= 4 is 32.3 Å². The summed E-state index contributed by atoms with van der Waals surface area (Å²) in [4.78, 5) is 0. The van der Waals surface area contributed by atoms with Crippen LogP contribution in [0.4, 0.5) is 0 Å². The van der Waals surface area contributed by atoms with Gasteiger partial charge in [0.25, 0.3) is 0 Å². The Balaban J connectivity index is -0.000000105. The number of rotatable bonds is 0. The zero-order valence-electron chi connectivity index (χ0n) is 42.9. The van der Waals surface area contributed by atoms with Gasteiger partial charge in [0.1, 0.15) is 0 Å². The molecule has 0 amide bonds. The van der Waals surface area contributed by atoms with E-state index >= 15 is 0 Å². The van der Waals surface area contributed by atoms with Crippen LogP contribution < -0.4 is 0 Å². The zero-order chi connectivity index (χ0) is 46.4. The van der Waals surface area contributed by atoms with Gasteiger partial charge in [-0.3, -0.25) is 0 Å². The van der Waals surface area contributed by atoms with Gasteiger partial charge >= 0.3 is 0 Å². The lowest BCUT2D eigenvalue weighted by Crippen LogP contribution is -1.76. The van der Waals surface area contributed by atoms with Crippen molar-refractivity contribution in [3.05, 3.63) is 145 Å². The molecule has 1 aliphatic carbocycles. The van der Waals surface area contributed by atoms with Crippen molar-refractivity contribution in [3.8, 4) is 0 Å². The third-order valence-corrected chi connectivity index (χ3v) is 6.06. The summed E-state index contributed by atoms with van der Waals surface area (Å²) in [5, 5.41) is 8.16. The average molecular weight is 797 g/mol. The molecule has 0 saturated heterocycles. The summed E-state index contributed by atoms with van der Waals surface area (Å²) in [5.41, 5.74) is 3.06. The summed E-state index contributed by atoms with van der Waals surface area (Å²) in [5.74, 6) is 0. The lowest BCUT2D eigenvalue weighted by molar-refractivity contribution is 1.02. The fourth-order valence-corrected chi connectivity index (χ4v) is 4.45. The molecule has 0 heteroatoms. The first-order chi connectivity index (χ1) is 28.5. The van der Waals surface area contributed by atoms with Gasteiger partial charge in [-0.2, -0.15) is 0 Å². The summed E-state index contributed by atoms with van der Waals surface area (Å²) in [7, 11) is 0. The van der Waals surface area contributed by atoms with Crippen molar-refractivity contribution < 1.29 is 0 Å². The van der Waals surface area contributed by atoms with Crippen LogP contribution in [0.15, 0.2) is 133 Å². The monoisotopic (exact) mass is 797 g/mol. The van der Waals surface area contributed by atoms with Gasteiger partial charge in [0.2, 0.25) is 0 Å². The summed E-state index contributed by atoms with van der Waals surface area (Å²) < 4.78 is 0. The van der Waals surface area contributed by atoms with Crippen molar-refractivity contribution in [2.75, 3.05) is 0 Å². The van der Waals surface area contributed by atoms with E-state index in [-0.39, 0.29) is 0 Å². The van der Waals surface area contributed by atoms with E-state index in [1.807, 2.05) is 96.9 Å². The first kappa shape index (κ1) is 68.8. The summed E-state index contributed by atoms with van der Waals surface area (Å²) in [6.45, 7) is 45.0. The standard InChI is InChI=1S/C12H10.2C10H8.4C3H8.7C2H6/c1-3-9-4-2-6-11-8-7-10(5-1)12(9)11;2*1-2-6-10-8-4-3-7-9(10)5-1;4*1-3-2;7*1-2/h1-6H,7-8H2;2*1-8H;4*3H2,1-2H3;7*1-2H3. The van der Waals surface area contributed by atoms with E-state index in [0.29, 0.717) is 0 Å². The van der Waals surface area contributed by atoms with Crippen molar-refractivity contribution in [1.82, 2.24) is 0 Å². The van der Waals surface area contributed by atoms with E-state index in [2.05, 4.69) is 189 Å². The molecule has 58 heavy (non-hydrogen) atoms. The van der Waals surface area contributed by atoms with Crippen LogP contribution in [-0.2, 0) is 12.8 Å². The third-order valence-electron chi connectivity index (χ3n) is 6.06. The van der Waals surface area contributed by atoms with Crippen molar-refractivity contribution in [2.24, 2.45) is 0 Å². The lowest BCUT2D eigenvalue weighted by atomic mass is 10.1. The van der Waals surface area contributed by atoms with E-state index in [9.17, 15) is 0 Å². The van der Waals surface area contributed by atoms with E-state index in [1.54, 1.807) is 0 Å². The van der Waals surface area contributed by atoms with Crippen LogP contribution in [0.5, 0.6) is 0 Å². The van der Waals surface area contributed by atoms with Crippen LogP contribution in [0.25, 0.3) is 32.3 Å². The highest BCUT2D eigenvalue weighted by Gasteiger charge is 2.12. The summed E-state index contributed by atoms with van der Waals surface area (Å²) >= 11 is 0. The molecule has 0 aliphatic heterocycles. The Morgan fingerprint density at radius 2 is 0.397 bits per heavy atom. The second-order valence-electron chi connectivity index (χ2n) is 11.0. The Kier molecular flexibility index (Phi) is 73.9. The number of fused-ring (bicyclic) bond motifs is 2. The average Bonchev–Trinajstić information content (AvgIpc) is 3.75. The molecule has 6 aromatic rings. The molecule has 0 atom stereocenters. The quantitative estimate of drug-likeness (QED) is 0.144. The van der Waals surface area contributed by atoms with E-state index < -0.39 is 0 Å². The molecular formula is C58H100. The van der Waals surface area contributed by atoms with Crippen LogP contribution in [0, 0.1) is 0 Å². The molecule has 0 nitrogen and oxygen atoms in total. The van der Waals surface area contributed by atoms with E-state index in [0.717, 1.165) is 0 Å². The van der Waals surface area contributed by atoms with E-state index in [1.165, 1.54) is 82.0 Å². The highest BCUT2D eigenvalue weighted by Crippen LogP contribution is 2.30. The zero-order valence-corrected chi connectivity index (χ0v) is 42.9. The molecule has 0 radical (unpaired) electrons. The van der Waals surface area contributed by atoms with Crippen molar-refractivity contribution in [2.45, 2.75) is 191 Å². The first-order valence-corrected chi connectivity index (χ1v) is 23.9. The van der Waals surface area contributed by atoms with Gasteiger partial charge in [0.15, 0.2) is 0 Å². The topological polar surface area (TPSA) is 0 Å². The maximum atomic E-state index is 2.25. The molecule has 0 aromatic heterocycles. The normalized spacial score (nSPS) is 8.31. The Hall–Kier alpha value is -3.90. The Labute approximate surface area is 366 Å². The van der Waals surface area contributed by atoms with Gasteiger partial charge in [-0.25, -0.2) is 0 Å². The molecule has 0 fully saturated rings. The molecule has 0 saturated carbocycles. The van der Waals surface area contributed by atoms with Crippen LogP contribution in [0.1, 0.15) is 189 Å². The predicted molar refractivity (Wildman–Crippen MR) is 283 cm³/mol. The second-order valence-corrected chi connectivity index (χ2v) is 11.0. The lowest BCUT2D eigenvalue weighted by Gasteiger charge is -1.99. The molecule has 1 aliphatic rings. The number of benzene rings is 6. The predicted octanol–water partition coefficient (Wildman–Crippen LogP) is 21.5. The van der Waals surface area contributed by atoms with Crippen LogP contribution in [-0.4, -0.2) is 0 Å². The van der Waals surface area contributed by atoms with Gasteiger partial charge in [0, 0.05) is 0 Å². The molecule has 332 valence electrons. The summed E-state index contributed by atoms with van der Waals surface area (Å²) in [6, 6.07) is 46.6. The molecule has 0 spiro atoms. The maximum Gasteiger partial charge on any atom is -0.0120 e. The first-order valence-electron chi connectivity index (χ1n) is 23.9. The van der Waals surface area contributed by atoms with Gasteiger partial charge in [-0.1, -0.05) is 311 Å². The SMILES string of the molecule is CC.CC.CC.CC.CC.CC.CC.CCC.CCC.CCC.CCC.c1cc2c3c(cccc3c1)CC2.c1ccc2ccccc2c1.c1ccc2ccccc2c1. The fraction of sp³-hybridized carbons (Fsp3) is 0.483. The number of aryl methyl sites for hydroxylation is 2. The minimum absolute atomic E-state index is 1.23. The van der Waals surface area contributed by atoms with Gasteiger partial charge in [-0.05, 0) is 56.3 Å². The Morgan fingerprint density at radius 3 is 0.569 bits per heavy atom.